The molecule has 1 aliphatic rings. The van der Waals surface area contributed by atoms with Gasteiger partial charge in [-0.3, -0.25) is 14.2 Å². The molecule has 3 aromatic rings. The van der Waals surface area contributed by atoms with Crippen LogP contribution in [-0.4, -0.2) is 56.9 Å². The Hall–Kier alpha value is -3.07. The summed E-state index contributed by atoms with van der Waals surface area (Å²) in [5.74, 6) is 1.72. The van der Waals surface area contributed by atoms with E-state index >= 15 is 0 Å². The van der Waals surface area contributed by atoms with Gasteiger partial charge in [-0.25, -0.2) is 0 Å². The molecule has 0 spiro atoms. The van der Waals surface area contributed by atoms with Gasteiger partial charge in [0.2, 0.25) is 17.6 Å². The summed E-state index contributed by atoms with van der Waals surface area (Å²) in [6.07, 6.45) is 3.95. The Labute approximate surface area is 197 Å². The van der Waals surface area contributed by atoms with Gasteiger partial charge in [0.15, 0.2) is 10.9 Å². The maximum atomic E-state index is 12.9. The lowest BCUT2D eigenvalue weighted by Gasteiger charge is -2.31. The van der Waals surface area contributed by atoms with Gasteiger partial charge in [0, 0.05) is 25.6 Å². The Balaban J connectivity index is 1.38. The van der Waals surface area contributed by atoms with Crippen LogP contribution in [0, 0.1) is 5.92 Å². The molecule has 1 fully saturated rings. The Morgan fingerprint density at radius 1 is 1.12 bits per heavy atom. The largest absolute Gasteiger partial charge is 0.461 e. The molecule has 33 heavy (non-hydrogen) atoms. The van der Waals surface area contributed by atoms with Gasteiger partial charge in [-0.2, -0.15) is 0 Å². The van der Waals surface area contributed by atoms with Crippen LogP contribution in [0.5, 0.6) is 0 Å². The second kappa shape index (κ2) is 11.2. The van der Waals surface area contributed by atoms with Crippen molar-refractivity contribution >= 4 is 23.6 Å². The van der Waals surface area contributed by atoms with Crippen molar-refractivity contribution in [3.8, 4) is 11.6 Å². The molecule has 1 aliphatic heterocycles. The molecule has 1 aromatic carbocycles. The Kier molecular flexibility index (Phi) is 7.83. The number of furan rings is 1. The first-order chi connectivity index (χ1) is 16.2. The molecule has 3 heterocycles. The smallest absolute Gasteiger partial charge is 0.233 e. The summed E-state index contributed by atoms with van der Waals surface area (Å²) in [7, 11) is 0. The predicted octanol–water partition coefficient (Wildman–Crippen LogP) is 3.44. The molecule has 174 valence electrons. The number of benzene rings is 1. The number of carbonyl (C=O) groups excluding carboxylic acids is 2. The van der Waals surface area contributed by atoms with Crippen LogP contribution in [0.15, 0.2) is 58.3 Å². The zero-order valence-electron chi connectivity index (χ0n) is 18.8. The molecule has 8 nitrogen and oxygen atoms in total. The van der Waals surface area contributed by atoms with Crippen molar-refractivity contribution in [2.45, 2.75) is 37.9 Å². The standard InChI is InChI=1S/C24H29N5O3S/c1-2-12-25-23(31)19-10-13-28(14-11-19)21(30)17-33-24-27-26-22(20-9-6-15-32-20)29(24)16-18-7-4-3-5-8-18/h3-9,15,19H,2,10-14,16-17H2,1H3,(H,25,31). The maximum absolute atomic E-state index is 12.9. The third kappa shape index (κ3) is 5.84. The average molecular weight is 468 g/mol. The van der Waals surface area contributed by atoms with E-state index < -0.39 is 0 Å². The normalized spacial score (nSPS) is 14.4. The quantitative estimate of drug-likeness (QED) is 0.485. The summed E-state index contributed by atoms with van der Waals surface area (Å²) in [5.41, 5.74) is 1.11. The molecule has 0 saturated carbocycles. The van der Waals surface area contributed by atoms with Crippen LogP contribution in [0.2, 0.25) is 0 Å². The number of piperidine rings is 1. The van der Waals surface area contributed by atoms with Gasteiger partial charge in [0.1, 0.15) is 0 Å². The highest BCUT2D eigenvalue weighted by molar-refractivity contribution is 7.99. The van der Waals surface area contributed by atoms with Crippen LogP contribution < -0.4 is 5.32 Å². The molecule has 0 radical (unpaired) electrons. The van der Waals surface area contributed by atoms with Crippen molar-refractivity contribution in [1.29, 1.82) is 0 Å². The van der Waals surface area contributed by atoms with Crippen molar-refractivity contribution in [1.82, 2.24) is 25.0 Å². The van der Waals surface area contributed by atoms with E-state index in [9.17, 15) is 9.59 Å². The van der Waals surface area contributed by atoms with Crippen molar-refractivity contribution in [3.63, 3.8) is 0 Å². The fraction of sp³-hybridized carbons (Fsp3) is 0.417. The summed E-state index contributed by atoms with van der Waals surface area (Å²) in [5, 5.41) is 12.3. The highest BCUT2D eigenvalue weighted by Crippen LogP contribution is 2.26. The van der Waals surface area contributed by atoms with Gasteiger partial charge in [0.25, 0.3) is 0 Å². The van der Waals surface area contributed by atoms with E-state index in [0.29, 0.717) is 55.8 Å². The number of hydrogen-bond acceptors (Lipinski definition) is 6. The molecule has 0 aliphatic carbocycles. The van der Waals surface area contributed by atoms with E-state index in [4.69, 9.17) is 4.42 Å². The van der Waals surface area contributed by atoms with Crippen molar-refractivity contribution in [3.05, 3.63) is 54.3 Å². The van der Waals surface area contributed by atoms with Gasteiger partial charge in [-0.1, -0.05) is 49.0 Å². The van der Waals surface area contributed by atoms with Crippen LogP contribution >= 0.6 is 11.8 Å². The molecular weight excluding hydrogens is 438 g/mol. The van der Waals surface area contributed by atoms with E-state index in [1.165, 1.54) is 11.8 Å². The second-order valence-corrected chi connectivity index (χ2v) is 9.03. The number of likely N-dealkylation sites (tertiary alicyclic amines) is 1. The monoisotopic (exact) mass is 467 g/mol. The molecule has 9 heteroatoms. The SMILES string of the molecule is CCCNC(=O)C1CCN(C(=O)CSc2nnc(-c3ccco3)n2Cc2ccccc2)CC1. The van der Waals surface area contributed by atoms with Gasteiger partial charge in [-0.15, -0.1) is 10.2 Å². The predicted molar refractivity (Wildman–Crippen MR) is 127 cm³/mol. The lowest BCUT2D eigenvalue weighted by Crippen LogP contribution is -2.43. The molecule has 4 rings (SSSR count). The number of nitrogens with zero attached hydrogens (tertiary/aromatic N) is 4. The van der Waals surface area contributed by atoms with Crippen LogP contribution in [0.4, 0.5) is 0 Å². The maximum Gasteiger partial charge on any atom is 0.233 e. The highest BCUT2D eigenvalue weighted by Gasteiger charge is 2.27. The minimum Gasteiger partial charge on any atom is -0.461 e. The van der Waals surface area contributed by atoms with Crippen LogP contribution in [0.1, 0.15) is 31.7 Å². The fourth-order valence-electron chi connectivity index (χ4n) is 3.89. The zero-order chi connectivity index (χ0) is 23.0. The third-order valence-electron chi connectivity index (χ3n) is 5.73. The minimum atomic E-state index is -0.00178. The van der Waals surface area contributed by atoms with E-state index in [1.807, 2.05) is 58.9 Å². The van der Waals surface area contributed by atoms with E-state index in [1.54, 1.807) is 6.26 Å². The lowest BCUT2D eigenvalue weighted by atomic mass is 9.96. The Morgan fingerprint density at radius 3 is 2.61 bits per heavy atom. The summed E-state index contributed by atoms with van der Waals surface area (Å²) in [4.78, 5) is 26.9. The minimum absolute atomic E-state index is 0.00178. The summed E-state index contributed by atoms with van der Waals surface area (Å²) >= 11 is 1.38. The van der Waals surface area contributed by atoms with E-state index in [2.05, 4.69) is 15.5 Å². The van der Waals surface area contributed by atoms with Gasteiger partial charge in [-0.05, 0) is 37.0 Å². The molecule has 0 unspecified atom stereocenters. The number of thioether (sulfide) groups is 1. The topological polar surface area (TPSA) is 93.3 Å². The summed E-state index contributed by atoms with van der Waals surface area (Å²) in [6.45, 7) is 4.55. The van der Waals surface area contributed by atoms with E-state index in [0.717, 1.165) is 12.0 Å². The molecule has 1 saturated heterocycles. The number of aromatic nitrogens is 3. The second-order valence-electron chi connectivity index (χ2n) is 8.09. The van der Waals surface area contributed by atoms with Gasteiger partial charge in [0.05, 0.1) is 18.6 Å². The fourth-order valence-corrected chi connectivity index (χ4v) is 4.73. The molecule has 0 bridgehead atoms. The van der Waals surface area contributed by atoms with Crippen LogP contribution in [0.25, 0.3) is 11.6 Å². The third-order valence-corrected chi connectivity index (χ3v) is 6.69. The molecule has 1 N–H and O–H groups in total. The Morgan fingerprint density at radius 2 is 1.91 bits per heavy atom. The van der Waals surface area contributed by atoms with Crippen LogP contribution in [-0.2, 0) is 16.1 Å². The van der Waals surface area contributed by atoms with Gasteiger partial charge < -0.3 is 14.6 Å². The first-order valence-electron chi connectivity index (χ1n) is 11.3. The number of carbonyl (C=O) groups is 2. The molecular formula is C24H29N5O3S. The van der Waals surface area contributed by atoms with Crippen LogP contribution in [0.3, 0.4) is 0 Å². The van der Waals surface area contributed by atoms with Crippen molar-refractivity contribution < 1.29 is 14.0 Å². The first-order valence-corrected chi connectivity index (χ1v) is 12.3. The molecule has 2 aromatic heterocycles. The number of hydrogen-bond donors (Lipinski definition) is 1. The lowest BCUT2D eigenvalue weighted by molar-refractivity contribution is -0.133. The number of amides is 2. The zero-order valence-corrected chi connectivity index (χ0v) is 19.6. The van der Waals surface area contributed by atoms with Crippen molar-refractivity contribution in [2.24, 2.45) is 5.92 Å². The summed E-state index contributed by atoms with van der Waals surface area (Å²) in [6, 6.07) is 13.7. The Bertz CT molecular complexity index is 1040. The molecule has 2 amide bonds. The average Bonchev–Trinajstić information content (AvgIpc) is 3.52. The number of nitrogens with one attached hydrogen (secondary N) is 1. The van der Waals surface area contributed by atoms with Gasteiger partial charge >= 0.3 is 0 Å². The highest BCUT2D eigenvalue weighted by atomic mass is 32.2. The first kappa shape index (κ1) is 23.1. The summed E-state index contributed by atoms with van der Waals surface area (Å²) < 4.78 is 7.53. The molecule has 0 atom stereocenters. The van der Waals surface area contributed by atoms with E-state index in [-0.39, 0.29) is 23.5 Å². The van der Waals surface area contributed by atoms with Crippen molar-refractivity contribution in [2.75, 3.05) is 25.4 Å². The number of rotatable bonds is 9.